The maximum absolute atomic E-state index is 13.0. The van der Waals surface area contributed by atoms with E-state index in [-0.39, 0.29) is 11.7 Å². The number of carbonyl (C=O) groups is 2. The van der Waals surface area contributed by atoms with Crippen LogP contribution in [-0.2, 0) is 0 Å². The van der Waals surface area contributed by atoms with E-state index < -0.39 is 5.91 Å². The summed E-state index contributed by atoms with van der Waals surface area (Å²) in [4.78, 5) is 25.7. The number of carbonyl (C=O) groups excluding carboxylic acids is 2. The molecule has 1 heterocycles. The Hall–Kier alpha value is -4.26. The number of benzene rings is 3. The summed E-state index contributed by atoms with van der Waals surface area (Å²) >= 11 is 0. The first kappa shape index (κ1) is 22.9. The number of hydrogen-bond acceptors (Lipinski definition) is 5. The number of ether oxygens (including phenoxy) is 2. The van der Waals surface area contributed by atoms with Crippen molar-refractivity contribution >= 4 is 34.2 Å². The van der Waals surface area contributed by atoms with E-state index in [9.17, 15) is 9.59 Å². The van der Waals surface area contributed by atoms with Crippen LogP contribution in [0.1, 0.15) is 40.3 Å². The molecule has 2 N–H and O–H groups in total. The Morgan fingerprint density at radius 2 is 1.41 bits per heavy atom. The third kappa shape index (κ3) is 5.04. The van der Waals surface area contributed by atoms with Gasteiger partial charge in [0, 0.05) is 23.1 Å². The van der Waals surface area contributed by atoms with Crippen LogP contribution in [0.3, 0.4) is 0 Å². The largest absolute Gasteiger partial charge is 0.492 e. The van der Waals surface area contributed by atoms with Crippen molar-refractivity contribution in [2.45, 2.75) is 20.8 Å². The zero-order chi connectivity index (χ0) is 24.1. The van der Waals surface area contributed by atoms with Gasteiger partial charge in [-0.2, -0.15) is 0 Å². The smallest absolute Gasteiger partial charge is 0.291 e. The molecule has 7 heteroatoms. The lowest BCUT2D eigenvalue weighted by Crippen LogP contribution is -2.15. The number of nitrogens with one attached hydrogen (secondary N) is 2. The predicted octanol–water partition coefficient (Wildman–Crippen LogP) is 6.04. The molecule has 0 aliphatic carbocycles. The van der Waals surface area contributed by atoms with E-state index in [1.54, 1.807) is 42.5 Å². The Morgan fingerprint density at radius 3 is 2.03 bits per heavy atom. The summed E-state index contributed by atoms with van der Waals surface area (Å²) in [6, 6.07) is 19.6. The Kier molecular flexibility index (Phi) is 6.82. The number of fused-ring (bicyclic) bond motifs is 1. The van der Waals surface area contributed by atoms with Crippen molar-refractivity contribution in [1.82, 2.24) is 0 Å². The van der Waals surface area contributed by atoms with Crippen molar-refractivity contribution < 1.29 is 23.5 Å². The number of amides is 2. The van der Waals surface area contributed by atoms with E-state index in [2.05, 4.69) is 10.6 Å². The van der Waals surface area contributed by atoms with Crippen LogP contribution >= 0.6 is 0 Å². The number of rotatable bonds is 8. The van der Waals surface area contributed by atoms with Gasteiger partial charge in [0.1, 0.15) is 17.1 Å². The van der Waals surface area contributed by atoms with Gasteiger partial charge in [0.2, 0.25) is 0 Å². The van der Waals surface area contributed by atoms with Crippen LogP contribution in [0.15, 0.2) is 71.1 Å². The Balaban J connectivity index is 1.64. The van der Waals surface area contributed by atoms with Gasteiger partial charge in [0.25, 0.3) is 11.8 Å². The molecule has 0 saturated heterocycles. The van der Waals surface area contributed by atoms with Gasteiger partial charge < -0.3 is 24.5 Å². The van der Waals surface area contributed by atoms with Crippen molar-refractivity contribution in [3.8, 4) is 11.5 Å². The van der Waals surface area contributed by atoms with Crippen molar-refractivity contribution in [1.29, 1.82) is 0 Å². The lowest BCUT2D eigenvalue weighted by Gasteiger charge is -2.17. The average Bonchev–Trinajstić information content (AvgIpc) is 3.26. The molecule has 0 atom stereocenters. The Morgan fingerprint density at radius 1 is 0.794 bits per heavy atom. The van der Waals surface area contributed by atoms with Gasteiger partial charge >= 0.3 is 0 Å². The van der Waals surface area contributed by atoms with Crippen LogP contribution in [0, 0.1) is 6.92 Å². The second-order valence-corrected chi connectivity index (χ2v) is 7.64. The fourth-order valence-electron chi connectivity index (χ4n) is 3.55. The second kappa shape index (κ2) is 10.1. The quantitative estimate of drug-likeness (QED) is 0.336. The SMILES string of the molecule is CCOc1cc(NC(=O)c2cc3cc(C)ccc3o2)c(OCC)cc1NC(=O)c1ccccc1. The van der Waals surface area contributed by atoms with E-state index in [0.717, 1.165) is 10.9 Å². The first-order chi connectivity index (χ1) is 16.5. The number of aryl methyl sites for hydroxylation is 1. The number of hydrogen-bond donors (Lipinski definition) is 2. The molecule has 3 aromatic carbocycles. The maximum Gasteiger partial charge on any atom is 0.291 e. The number of anilines is 2. The molecule has 4 aromatic rings. The van der Waals surface area contributed by atoms with Crippen molar-refractivity contribution in [2.24, 2.45) is 0 Å². The lowest BCUT2D eigenvalue weighted by molar-refractivity contribution is 0.0995. The molecule has 0 saturated carbocycles. The van der Waals surface area contributed by atoms with Crippen LogP contribution < -0.4 is 20.1 Å². The molecule has 2 amide bonds. The van der Waals surface area contributed by atoms with Crippen molar-refractivity contribution in [3.63, 3.8) is 0 Å². The molecule has 0 radical (unpaired) electrons. The standard InChI is InChI=1S/C27H26N2O5/c1-4-32-23-16-21(29-27(31)25-14-19-13-17(3)11-12-22(19)34-25)24(33-5-2)15-20(23)28-26(30)18-9-7-6-8-10-18/h6-16H,4-5H2,1-3H3,(H,28,30)(H,29,31). The zero-order valence-corrected chi connectivity index (χ0v) is 19.3. The van der Waals surface area contributed by atoms with Crippen LogP contribution in [-0.4, -0.2) is 25.0 Å². The second-order valence-electron chi connectivity index (χ2n) is 7.64. The van der Waals surface area contributed by atoms with Gasteiger partial charge in [-0.25, -0.2) is 0 Å². The van der Waals surface area contributed by atoms with Crippen molar-refractivity contribution in [3.05, 3.63) is 83.6 Å². The number of furan rings is 1. The summed E-state index contributed by atoms with van der Waals surface area (Å²) in [6.07, 6.45) is 0. The fraction of sp³-hybridized carbons (Fsp3) is 0.185. The highest BCUT2D eigenvalue weighted by Gasteiger charge is 2.19. The molecular formula is C27H26N2O5. The highest BCUT2D eigenvalue weighted by molar-refractivity contribution is 6.07. The molecule has 0 spiro atoms. The summed E-state index contributed by atoms with van der Waals surface area (Å²) in [5.41, 5.74) is 3.07. The monoisotopic (exact) mass is 458 g/mol. The predicted molar refractivity (Wildman–Crippen MR) is 132 cm³/mol. The van der Waals surface area contributed by atoms with Gasteiger partial charge in [-0.15, -0.1) is 0 Å². The molecule has 0 bridgehead atoms. The topological polar surface area (TPSA) is 89.8 Å². The van der Waals surface area contributed by atoms with E-state index in [1.807, 2.05) is 45.0 Å². The molecule has 7 nitrogen and oxygen atoms in total. The molecule has 0 aliphatic heterocycles. The molecule has 4 rings (SSSR count). The molecule has 0 fully saturated rings. The fourth-order valence-corrected chi connectivity index (χ4v) is 3.55. The average molecular weight is 459 g/mol. The normalized spacial score (nSPS) is 10.7. The molecule has 174 valence electrons. The minimum atomic E-state index is -0.418. The van der Waals surface area contributed by atoms with Crippen LogP contribution in [0.5, 0.6) is 11.5 Å². The summed E-state index contributed by atoms with van der Waals surface area (Å²) in [6.45, 7) is 6.40. The van der Waals surface area contributed by atoms with Gasteiger partial charge in [-0.3, -0.25) is 9.59 Å². The summed E-state index contributed by atoms with van der Waals surface area (Å²) < 4.78 is 17.2. The zero-order valence-electron chi connectivity index (χ0n) is 19.3. The van der Waals surface area contributed by atoms with E-state index in [4.69, 9.17) is 13.9 Å². The summed E-state index contributed by atoms with van der Waals surface area (Å²) in [5.74, 6) is 0.291. The van der Waals surface area contributed by atoms with Crippen molar-refractivity contribution in [2.75, 3.05) is 23.8 Å². The maximum atomic E-state index is 13.0. The van der Waals surface area contributed by atoms with Gasteiger partial charge in [0.05, 0.1) is 24.6 Å². The van der Waals surface area contributed by atoms with Crippen LogP contribution in [0.4, 0.5) is 11.4 Å². The van der Waals surface area contributed by atoms with Crippen LogP contribution in [0.25, 0.3) is 11.0 Å². The molecule has 0 unspecified atom stereocenters. The lowest BCUT2D eigenvalue weighted by atomic mass is 10.2. The molecule has 34 heavy (non-hydrogen) atoms. The summed E-state index contributed by atoms with van der Waals surface area (Å²) in [7, 11) is 0. The van der Waals surface area contributed by atoms with E-state index in [0.29, 0.717) is 47.2 Å². The van der Waals surface area contributed by atoms with Crippen LogP contribution in [0.2, 0.25) is 0 Å². The first-order valence-electron chi connectivity index (χ1n) is 11.1. The van der Waals surface area contributed by atoms with E-state index >= 15 is 0 Å². The highest BCUT2D eigenvalue weighted by atomic mass is 16.5. The minimum Gasteiger partial charge on any atom is -0.492 e. The molecular weight excluding hydrogens is 432 g/mol. The van der Waals surface area contributed by atoms with Gasteiger partial charge in [-0.05, 0) is 51.1 Å². The highest BCUT2D eigenvalue weighted by Crippen LogP contribution is 2.37. The van der Waals surface area contributed by atoms with E-state index in [1.165, 1.54) is 0 Å². The first-order valence-corrected chi connectivity index (χ1v) is 11.1. The summed E-state index contributed by atoms with van der Waals surface area (Å²) in [5, 5.41) is 6.57. The minimum absolute atomic E-state index is 0.183. The third-order valence-electron chi connectivity index (χ3n) is 5.11. The molecule has 1 aromatic heterocycles. The Labute approximate surface area is 197 Å². The third-order valence-corrected chi connectivity index (χ3v) is 5.11. The molecule has 0 aliphatic rings. The Bertz CT molecular complexity index is 1330. The van der Waals surface area contributed by atoms with Gasteiger partial charge in [-0.1, -0.05) is 29.8 Å². The van der Waals surface area contributed by atoms with Gasteiger partial charge in [0.15, 0.2) is 5.76 Å².